The largest absolute Gasteiger partial charge is 0.497 e. The predicted octanol–water partition coefficient (Wildman–Crippen LogP) is 2.46. The van der Waals surface area contributed by atoms with Gasteiger partial charge in [0.1, 0.15) is 10.6 Å². The summed E-state index contributed by atoms with van der Waals surface area (Å²) in [5, 5.41) is 15.5. The molecule has 1 N–H and O–H groups in total. The zero-order chi connectivity index (χ0) is 21.7. The van der Waals surface area contributed by atoms with E-state index in [4.69, 9.17) is 9.47 Å². The van der Waals surface area contributed by atoms with E-state index in [9.17, 15) is 18.5 Å². The summed E-state index contributed by atoms with van der Waals surface area (Å²) in [6.45, 7) is 2.66. The molecule has 2 aromatic rings. The number of sulfonamides is 1. The normalized spacial score (nSPS) is 15.6. The van der Waals surface area contributed by atoms with Gasteiger partial charge in [0.2, 0.25) is 10.0 Å². The van der Waals surface area contributed by atoms with Crippen LogP contribution in [0.4, 0.5) is 11.4 Å². The van der Waals surface area contributed by atoms with E-state index in [-0.39, 0.29) is 42.6 Å². The highest BCUT2D eigenvalue weighted by atomic mass is 32.2. The minimum Gasteiger partial charge on any atom is -0.497 e. The van der Waals surface area contributed by atoms with Gasteiger partial charge in [0, 0.05) is 25.2 Å². The molecule has 0 spiro atoms. The number of non-ortho nitro benzene ring substituents is 1. The van der Waals surface area contributed by atoms with E-state index in [1.54, 1.807) is 26.2 Å². The quantitative estimate of drug-likeness (QED) is 0.403. The summed E-state index contributed by atoms with van der Waals surface area (Å²) in [6.07, 6.45) is 0. The second-order valence-electron chi connectivity index (χ2n) is 6.49. The van der Waals surface area contributed by atoms with Crippen LogP contribution in [-0.2, 0) is 14.8 Å². The number of methoxy groups -OCH3 is 1. The van der Waals surface area contributed by atoms with Crippen molar-refractivity contribution in [1.82, 2.24) is 4.31 Å². The molecule has 0 aromatic heterocycles. The number of nitrogens with one attached hydrogen (secondary N) is 1. The lowest BCUT2D eigenvalue weighted by Crippen LogP contribution is -2.40. The summed E-state index contributed by atoms with van der Waals surface area (Å²) in [5.74, 6) is 0.703. The Morgan fingerprint density at radius 1 is 1.20 bits per heavy atom. The molecule has 0 atom stereocenters. The van der Waals surface area contributed by atoms with Gasteiger partial charge in [-0.1, -0.05) is 0 Å². The van der Waals surface area contributed by atoms with Crippen LogP contribution in [0.25, 0.3) is 0 Å². The molecule has 0 amide bonds. The van der Waals surface area contributed by atoms with Crippen molar-refractivity contribution in [1.29, 1.82) is 0 Å². The number of nitro groups is 1. The Labute approximate surface area is 174 Å². The first kappa shape index (κ1) is 21.7. The lowest BCUT2D eigenvalue weighted by molar-refractivity contribution is -0.385. The number of hydrogen-bond acceptors (Lipinski definition) is 8. The summed E-state index contributed by atoms with van der Waals surface area (Å²) in [7, 11) is -2.40. The first-order chi connectivity index (χ1) is 14.3. The standard InChI is InChI=1S/C19H22N4O6S/c1-14(15-3-6-17(28-2)7-4-15)20-21-18-8-5-16(23(24)25)13-19(18)30(26,27)22-9-11-29-12-10-22/h3-8,13,21H,9-12H2,1-2H3/b20-14+. The minimum absolute atomic E-state index is 0.153. The number of benzene rings is 2. The molecule has 1 aliphatic heterocycles. The molecule has 30 heavy (non-hydrogen) atoms. The second kappa shape index (κ2) is 9.20. The topological polar surface area (TPSA) is 123 Å². The first-order valence-corrected chi connectivity index (χ1v) is 10.6. The van der Waals surface area contributed by atoms with Crippen LogP contribution >= 0.6 is 0 Å². The van der Waals surface area contributed by atoms with Crippen LogP contribution in [0.15, 0.2) is 52.5 Å². The van der Waals surface area contributed by atoms with Crippen LogP contribution in [0.5, 0.6) is 5.75 Å². The molecular weight excluding hydrogens is 412 g/mol. The summed E-state index contributed by atoms with van der Waals surface area (Å²) >= 11 is 0. The zero-order valence-corrected chi connectivity index (χ0v) is 17.4. The van der Waals surface area contributed by atoms with Crippen molar-refractivity contribution in [2.75, 3.05) is 38.8 Å². The number of ether oxygens (including phenoxy) is 2. The molecule has 10 nitrogen and oxygen atoms in total. The lowest BCUT2D eigenvalue weighted by Gasteiger charge is -2.26. The summed E-state index contributed by atoms with van der Waals surface area (Å²) in [4.78, 5) is 10.4. The predicted molar refractivity (Wildman–Crippen MR) is 112 cm³/mol. The smallest absolute Gasteiger partial charge is 0.270 e. The van der Waals surface area contributed by atoms with Crippen molar-refractivity contribution < 1.29 is 22.8 Å². The molecule has 3 rings (SSSR count). The van der Waals surface area contributed by atoms with Gasteiger partial charge in [0.15, 0.2) is 0 Å². The summed E-state index contributed by atoms with van der Waals surface area (Å²) in [5.41, 5.74) is 4.00. The lowest BCUT2D eigenvalue weighted by atomic mass is 10.1. The van der Waals surface area contributed by atoms with Gasteiger partial charge in [-0.05, 0) is 42.8 Å². The SMILES string of the molecule is COc1ccc(/C(C)=N/Nc2ccc([N+](=O)[O-])cc2S(=O)(=O)N2CCOCC2)cc1. The highest BCUT2D eigenvalue weighted by Crippen LogP contribution is 2.29. The Morgan fingerprint density at radius 3 is 2.47 bits per heavy atom. The molecular formula is C19H22N4O6S. The molecule has 11 heteroatoms. The molecule has 0 bridgehead atoms. The van der Waals surface area contributed by atoms with E-state index >= 15 is 0 Å². The fraction of sp³-hybridized carbons (Fsp3) is 0.316. The maximum atomic E-state index is 13.1. The van der Waals surface area contributed by atoms with Gasteiger partial charge < -0.3 is 9.47 Å². The van der Waals surface area contributed by atoms with Crippen molar-refractivity contribution in [2.24, 2.45) is 5.10 Å². The van der Waals surface area contributed by atoms with Crippen LogP contribution in [0.2, 0.25) is 0 Å². The van der Waals surface area contributed by atoms with Crippen LogP contribution in [0, 0.1) is 10.1 Å². The molecule has 1 heterocycles. The highest BCUT2D eigenvalue weighted by Gasteiger charge is 2.30. The van der Waals surface area contributed by atoms with Gasteiger partial charge in [-0.25, -0.2) is 8.42 Å². The minimum atomic E-state index is -3.97. The van der Waals surface area contributed by atoms with E-state index in [1.807, 2.05) is 12.1 Å². The van der Waals surface area contributed by atoms with E-state index in [0.29, 0.717) is 11.5 Å². The molecule has 1 aliphatic rings. The number of rotatable bonds is 7. The number of anilines is 1. The van der Waals surface area contributed by atoms with Gasteiger partial charge in [0.05, 0.1) is 36.6 Å². The van der Waals surface area contributed by atoms with Crippen LogP contribution < -0.4 is 10.2 Å². The molecule has 0 radical (unpaired) electrons. The van der Waals surface area contributed by atoms with Crippen molar-refractivity contribution in [3.05, 3.63) is 58.1 Å². The molecule has 1 fully saturated rings. The van der Waals surface area contributed by atoms with Crippen molar-refractivity contribution in [3.8, 4) is 5.75 Å². The molecule has 160 valence electrons. The van der Waals surface area contributed by atoms with E-state index in [1.165, 1.54) is 16.4 Å². The third-order valence-corrected chi connectivity index (χ3v) is 6.55. The zero-order valence-electron chi connectivity index (χ0n) is 16.6. The highest BCUT2D eigenvalue weighted by molar-refractivity contribution is 7.89. The van der Waals surface area contributed by atoms with Gasteiger partial charge in [0.25, 0.3) is 5.69 Å². The van der Waals surface area contributed by atoms with Gasteiger partial charge in [-0.2, -0.15) is 9.41 Å². The fourth-order valence-electron chi connectivity index (χ4n) is 2.90. The Bertz CT molecular complexity index is 1050. The Morgan fingerprint density at radius 2 is 1.87 bits per heavy atom. The Balaban J connectivity index is 1.94. The molecule has 1 saturated heterocycles. The average Bonchev–Trinajstić information content (AvgIpc) is 2.77. The van der Waals surface area contributed by atoms with E-state index in [2.05, 4.69) is 10.5 Å². The Hall–Kier alpha value is -3.02. The molecule has 0 saturated carbocycles. The number of hydrogen-bond donors (Lipinski definition) is 1. The monoisotopic (exact) mass is 434 g/mol. The van der Waals surface area contributed by atoms with Crippen LogP contribution in [0.3, 0.4) is 0 Å². The summed E-state index contributed by atoms with van der Waals surface area (Å²) in [6, 6.07) is 10.8. The Kier molecular flexibility index (Phi) is 6.65. The van der Waals surface area contributed by atoms with Crippen LogP contribution in [0.1, 0.15) is 12.5 Å². The third-order valence-electron chi connectivity index (χ3n) is 4.62. The van der Waals surface area contributed by atoms with Crippen molar-refractivity contribution in [3.63, 3.8) is 0 Å². The van der Waals surface area contributed by atoms with Crippen molar-refractivity contribution in [2.45, 2.75) is 11.8 Å². The van der Waals surface area contributed by atoms with E-state index < -0.39 is 14.9 Å². The molecule has 0 unspecified atom stereocenters. The summed E-state index contributed by atoms with van der Waals surface area (Å²) < 4.78 is 37.8. The maximum Gasteiger partial charge on any atom is 0.270 e. The number of hydrazone groups is 1. The van der Waals surface area contributed by atoms with Crippen LogP contribution in [-0.4, -0.2) is 56.8 Å². The number of nitro benzene ring substituents is 1. The number of morpholine rings is 1. The second-order valence-corrected chi connectivity index (χ2v) is 8.40. The van der Waals surface area contributed by atoms with Gasteiger partial charge in [-0.15, -0.1) is 0 Å². The molecule has 2 aromatic carbocycles. The van der Waals surface area contributed by atoms with Gasteiger partial charge >= 0.3 is 0 Å². The van der Waals surface area contributed by atoms with Crippen molar-refractivity contribution >= 4 is 27.1 Å². The molecule has 0 aliphatic carbocycles. The first-order valence-electron chi connectivity index (χ1n) is 9.14. The maximum absolute atomic E-state index is 13.1. The third kappa shape index (κ3) is 4.75. The van der Waals surface area contributed by atoms with Gasteiger partial charge in [-0.3, -0.25) is 15.5 Å². The van der Waals surface area contributed by atoms with E-state index in [0.717, 1.165) is 11.6 Å². The average molecular weight is 434 g/mol. The number of nitrogens with zero attached hydrogens (tertiary/aromatic N) is 3. The fourth-order valence-corrected chi connectivity index (χ4v) is 4.47.